The van der Waals surface area contributed by atoms with Crippen LogP contribution in [-0.4, -0.2) is 52.1 Å². The van der Waals surface area contributed by atoms with E-state index in [9.17, 15) is 14.7 Å². The predicted octanol–water partition coefficient (Wildman–Crippen LogP) is -0.224. The average Bonchev–Trinajstić information content (AvgIpc) is 2.96. The van der Waals surface area contributed by atoms with Gasteiger partial charge in [0, 0.05) is 20.1 Å². The van der Waals surface area contributed by atoms with E-state index in [4.69, 9.17) is 9.47 Å². The first-order chi connectivity index (χ1) is 9.85. The van der Waals surface area contributed by atoms with Crippen molar-refractivity contribution in [2.24, 2.45) is 7.05 Å². The number of aliphatic carboxylic acids is 1. The lowest BCUT2D eigenvalue weighted by molar-refractivity contribution is -0.148. The molecule has 2 heterocycles. The Morgan fingerprint density at radius 1 is 1.52 bits per heavy atom. The van der Waals surface area contributed by atoms with Crippen LogP contribution in [0.2, 0.25) is 0 Å². The highest BCUT2D eigenvalue weighted by molar-refractivity contribution is 5.88. The Hall–Kier alpha value is -2.09. The Morgan fingerprint density at radius 2 is 2.24 bits per heavy atom. The van der Waals surface area contributed by atoms with E-state index < -0.39 is 17.4 Å². The number of hydrogen-bond acceptors (Lipinski definition) is 5. The van der Waals surface area contributed by atoms with E-state index in [1.165, 1.54) is 0 Å². The summed E-state index contributed by atoms with van der Waals surface area (Å²) >= 11 is 0. The Bertz CT molecular complexity index is 560. The summed E-state index contributed by atoms with van der Waals surface area (Å²) in [5.41, 5.74) is 0.136. The average molecular weight is 297 g/mol. The molecule has 1 amide bonds. The first-order valence-corrected chi connectivity index (χ1v) is 6.61. The van der Waals surface area contributed by atoms with Crippen molar-refractivity contribution in [2.75, 3.05) is 19.8 Å². The molecule has 116 valence electrons. The van der Waals surface area contributed by atoms with Crippen LogP contribution in [0.4, 0.5) is 0 Å². The largest absolute Gasteiger partial charge is 0.480 e. The summed E-state index contributed by atoms with van der Waals surface area (Å²) < 4.78 is 12.2. The van der Waals surface area contributed by atoms with Gasteiger partial charge in [-0.2, -0.15) is 5.10 Å². The van der Waals surface area contributed by atoms with Crippen LogP contribution in [-0.2, 0) is 21.4 Å². The highest BCUT2D eigenvalue weighted by atomic mass is 16.5. The molecular formula is C13H19N3O5. The van der Waals surface area contributed by atoms with Gasteiger partial charge in [-0.05, 0) is 13.8 Å². The quantitative estimate of drug-likeness (QED) is 0.778. The molecule has 1 fully saturated rings. The fourth-order valence-corrected chi connectivity index (χ4v) is 2.29. The van der Waals surface area contributed by atoms with Crippen LogP contribution in [0.15, 0.2) is 0 Å². The molecular weight excluding hydrogens is 278 g/mol. The van der Waals surface area contributed by atoms with Crippen LogP contribution >= 0.6 is 0 Å². The van der Waals surface area contributed by atoms with Crippen LogP contribution in [0.25, 0.3) is 0 Å². The molecule has 8 nitrogen and oxygen atoms in total. The fourth-order valence-electron chi connectivity index (χ4n) is 2.29. The SMILES string of the molecule is Cc1nn(C)c(C)c1OCC(=O)NC1(C(=O)O)CCOC1. The molecule has 0 bridgehead atoms. The highest BCUT2D eigenvalue weighted by Crippen LogP contribution is 2.22. The number of amides is 1. The number of nitrogens with zero attached hydrogens (tertiary/aromatic N) is 2. The van der Waals surface area contributed by atoms with Crippen LogP contribution < -0.4 is 10.1 Å². The zero-order valence-electron chi connectivity index (χ0n) is 12.3. The molecule has 1 aliphatic rings. The van der Waals surface area contributed by atoms with Crippen molar-refractivity contribution in [3.63, 3.8) is 0 Å². The van der Waals surface area contributed by atoms with Gasteiger partial charge in [0.15, 0.2) is 17.9 Å². The maximum Gasteiger partial charge on any atom is 0.331 e. The zero-order chi connectivity index (χ0) is 15.6. The van der Waals surface area contributed by atoms with Crippen molar-refractivity contribution in [1.82, 2.24) is 15.1 Å². The van der Waals surface area contributed by atoms with Gasteiger partial charge in [0.25, 0.3) is 5.91 Å². The van der Waals surface area contributed by atoms with E-state index in [0.717, 1.165) is 5.69 Å². The number of carbonyl (C=O) groups is 2. The van der Waals surface area contributed by atoms with Gasteiger partial charge in [0.05, 0.1) is 12.3 Å². The number of ether oxygens (including phenoxy) is 2. The Morgan fingerprint density at radius 3 is 2.71 bits per heavy atom. The third-order valence-corrected chi connectivity index (χ3v) is 3.60. The van der Waals surface area contributed by atoms with Crippen molar-refractivity contribution >= 4 is 11.9 Å². The Labute approximate surface area is 122 Å². The lowest BCUT2D eigenvalue weighted by Crippen LogP contribution is -2.56. The molecule has 0 spiro atoms. The highest BCUT2D eigenvalue weighted by Gasteiger charge is 2.43. The van der Waals surface area contributed by atoms with Crippen molar-refractivity contribution in [2.45, 2.75) is 25.8 Å². The second-order valence-corrected chi connectivity index (χ2v) is 5.15. The molecule has 1 atom stereocenters. The summed E-state index contributed by atoms with van der Waals surface area (Å²) in [6.45, 7) is 3.64. The monoisotopic (exact) mass is 297 g/mol. The van der Waals surface area contributed by atoms with Gasteiger partial charge in [-0.1, -0.05) is 0 Å². The van der Waals surface area contributed by atoms with Crippen LogP contribution in [0.5, 0.6) is 5.75 Å². The van der Waals surface area contributed by atoms with Crippen LogP contribution in [0, 0.1) is 13.8 Å². The van der Waals surface area contributed by atoms with Gasteiger partial charge >= 0.3 is 5.97 Å². The molecule has 1 unspecified atom stereocenters. The number of rotatable bonds is 5. The molecule has 1 saturated heterocycles. The summed E-state index contributed by atoms with van der Waals surface area (Å²) in [6.07, 6.45) is 0.249. The van der Waals surface area contributed by atoms with Gasteiger partial charge in [-0.3, -0.25) is 9.48 Å². The number of hydrogen-bond donors (Lipinski definition) is 2. The summed E-state index contributed by atoms with van der Waals surface area (Å²) in [4.78, 5) is 23.2. The lowest BCUT2D eigenvalue weighted by Gasteiger charge is -2.23. The van der Waals surface area contributed by atoms with Crippen LogP contribution in [0.3, 0.4) is 0 Å². The van der Waals surface area contributed by atoms with Crippen LogP contribution in [0.1, 0.15) is 17.8 Å². The molecule has 1 aromatic rings. The molecule has 0 saturated carbocycles. The number of aryl methyl sites for hydroxylation is 2. The molecule has 1 aliphatic heterocycles. The predicted molar refractivity (Wildman–Crippen MR) is 72.1 cm³/mol. The molecule has 0 radical (unpaired) electrons. The normalized spacial score (nSPS) is 21.3. The molecule has 0 aliphatic carbocycles. The van der Waals surface area contributed by atoms with E-state index in [0.29, 0.717) is 18.1 Å². The first-order valence-electron chi connectivity index (χ1n) is 6.61. The molecule has 2 N–H and O–H groups in total. The maximum absolute atomic E-state index is 11.9. The minimum Gasteiger partial charge on any atom is -0.480 e. The molecule has 2 rings (SSSR count). The van der Waals surface area contributed by atoms with E-state index in [2.05, 4.69) is 10.4 Å². The third kappa shape index (κ3) is 2.99. The van der Waals surface area contributed by atoms with E-state index in [1.807, 2.05) is 6.92 Å². The lowest BCUT2D eigenvalue weighted by atomic mass is 9.99. The summed E-state index contributed by atoms with van der Waals surface area (Å²) in [7, 11) is 1.78. The van der Waals surface area contributed by atoms with Gasteiger partial charge in [-0.15, -0.1) is 0 Å². The zero-order valence-corrected chi connectivity index (χ0v) is 12.3. The van der Waals surface area contributed by atoms with Crippen molar-refractivity contribution in [3.8, 4) is 5.75 Å². The summed E-state index contributed by atoms with van der Waals surface area (Å²) in [6, 6.07) is 0. The first kappa shape index (κ1) is 15.3. The minimum absolute atomic E-state index is 0.0287. The van der Waals surface area contributed by atoms with Gasteiger partial charge in [-0.25, -0.2) is 4.79 Å². The molecule has 1 aromatic heterocycles. The van der Waals surface area contributed by atoms with Crippen molar-refractivity contribution in [1.29, 1.82) is 0 Å². The summed E-state index contributed by atoms with van der Waals surface area (Å²) in [5, 5.41) is 15.9. The Balaban J connectivity index is 1.97. The third-order valence-electron chi connectivity index (χ3n) is 3.60. The number of aromatic nitrogens is 2. The minimum atomic E-state index is -1.35. The smallest absolute Gasteiger partial charge is 0.331 e. The van der Waals surface area contributed by atoms with E-state index >= 15 is 0 Å². The van der Waals surface area contributed by atoms with Gasteiger partial charge < -0.3 is 19.9 Å². The topological polar surface area (TPSA) is 103 Å². The fraction of sp³-hybridized carbons (Fsp3) is 0.615. The summed E-state index contributed by atoms with van der Waals surface area (Å²) in [5.74, 6) is -1.05. The molecule has 0 aromatic carbocycles. The number of carbonyl (C=O) groups excluding carboxylic acids is 1. The molecule has 21 heavy (non-hydrogen) atoms. The van der Waals surface area contributed by atoms with E-state index in [-0.39, 0.29) is 19.6 Å². The second-order valence-electron chi connectivity index (χ2n) is 5.15. The second kappa shape index (κ2) is 5.72. The van der Waals surface area contributed by atoms with Crippen molar-refractivity contribution in [3.05, 3.63) is 11.4 Å². The standard InChI is InChI=1S/C13H19N3O5/c1-8-11(9(2)16(3)15-8)21-6-10(17)14-13(12(18)19)4-5-20-7-13/h4-7H2,1-3H3,(H,14,17)(H,18,19). The number of carboxylic acid groups (broad SMARTS) is 1. The molecule has 8 heteroatoms. The Kier molecular flexibility index (Phi) is 4.17. The maximum atomic E-state index is 11.9. The number of carboxylic acids is 1. The van der Waals surface area contributed by atoms with Crippen molar-refractivity contribution < 1.29 is 24.2 Å². The van der Waals surface area contributed by atoms with Gasteiger partial charge in [0.1, 0.15) is 5.69 Å². The number of nitrogens with one attached hydrogen (secondary N) is 1. The van der Waals surface area contributed by atoms with E-state index in [1.54, 1.807) is 18.7 Å². The van der Waals surface area contributed by atoms with Gasteiger partial charge in [0.2, 0.25) is 0 Å².